The molecule has 1 heterocycles. The van der Waals surface area contributed by atoms with Crippen molar-refractivity contribution in [3.05, 3.63) is 59.7 Å². The van der Waals surface area contributed by atoms with Gasteiger partial charge in [0.25, 0.3) is 0 Å². The molecule has 4 heteroatoms. The number of nitrogens with one attached hydrogen (secondary N) is 1. The Morgan fingerprint density at radius 1 is 1.09 bits per heavy atom. The lowest BCUT2D eigenvalue weighted by atomic mass is 10.0. The van der Waals surface area contributed by atoms with Crippen LogP contribution in [0.4, 0.5) is 0 Å². The Kier molecular flexibility index (Phi) is 4.72. The normalized spacial score (nSPS) is 12.7. The molecule has 0 bridgehead atoms. The highest BCUT2D eigenvalue weighted by atomic mass is 15.3. The van der Waals surface area contributed by atoms with E-state index < -0.39 is 0 Å². The second kappa shape index (κ2) is 6.92. The molecule has 23 heavy (non-hydrogen) atoms. The molecule has 0 unspecified atom stereocenters. The van der Waals surface area contributed by atoms with Crippen LogP contribution in [0.25, 0.3) is 10.8 Å². The summed E-state index contributed by atoms with van der Waals surface area (Å²) in [5, 5.41) is 14.6. The molecule has 1 N–H and O–H groups in total. The van der Waals surface area contributed by atoms with E-state index in [1.165, 1.54) is 16.3 Å². The summed E-state index contributed by atoms with van der Waals surface area (Å²) < 4.78 is 2.19. The lowest BCUT2D eigenvalue weighted by Crippen LogP contribution is -2.21. The van der Waals surface area contributed by atoms with Crippen LogP contribution in [0.3, 0.4) is 0 Å². The van der Waals surface area contributed by atoms with Crippen molar-refractivity contribution >= 4 is 10.8 Å². The van der Waals surface area contributed by atoms with Crippen LogP contribution in [0.15, 0.2) is 42.5 Å². The van der Waals surface area contributed by atoms with Crippen molar-refractivity contribution in [1.82, 2.24) is 20.1 Å². The first kappa shape index (κ1) is 15.7. The Hall–Kier alpha value is -2.20. The van der Waals surface area contributed by atoms with E-state index in [-0.39, 0.29) is 6.04 Å². The molecule has 4 nitrogen and oxygen atoms in total. The van der Waals surface area contributed by atoms with Gasteiger partial charge in [-0.3, -0.25) is 0 Å². The number of hydrogen-bond acceptors (Lipinski definition) is 3. The molecule has 0 aliphatic carbocycles. The molecule has 1 atom stereocenters. The van der Waals surface area contributed by atoms with Gasteiger partial charge in [0.15, 0.2) is 0 Å². The van der Waals surface area contributed by atoms with E-state index in [1.54, 1.807) is 0 Å². The molecule has 0 saturated heterocycles. The van der Waals surface area contributed by atoms with Crippen molar-refractivity contribution in [1.29, 1.82) is 0 Å². The Morgan fingerprint density at radius 2 is 1.87 bits per heavy atom. The molecule has 1 aromatic heterocycles. The van der Waals surface area contributed by atoms with Crippen molar-refractivity contribution in [3.63, 3.8) is 0 Å². The summed E-state index contributed by atoms with van der Waals surface area (Å²) >= 11 is 0. The van der Waals surface area contributed by atoms with Crippen molar-refractivity contribution in [2.45, 2.75) is 46.3 Å². The van der Waals surface area contributed by atoms with Crippen LogP contribution >= 0.6 is 0 Å². The summed E-state index contributed by atoms with van der Waals surface area (Å²) in [4.78, 5) is 0. The summed E-state index contributed by atoms with van der Waals surface area (Å²) in [7, 11) is 0. The predicted octanol–water partition coefficient (Wildman–Crippen LogP) is 4.00. The SMILES string of the molecule is CCCn1c(C)nnc1CN[C@H](C)c1ccc2ccccc2c1. The maximum absolute atomic E-state index is 4.30. The van der Waals surface area contributed by atoms with Crippen LogP contribution in [0, 0.1) is 6.92 Å². The molecule has 3 rings (SSSR count). The lowest BCUT2D eigenvalue weighted by molar-refractivity contribution is 0.529. The van der Waals surface area contributed by atoms with Gasteiger partial charge in [0.1, 0.15) is 11.6 Å². The zero-order valence-electron chi connectivity index (χ0n) is 14.1. The van der Waals surface area contributed by atoms with E-state index in [1.807, 2.05) is 6.92 Å². The largest absolute Gasteiger partial charge is 0.314 e. The van der Waals surface area contributed by atoms with Crippen LogP contribution in [0.5, 0.6) is 0 Å². The van der Waals surface area contributed by atoms with Crippen molar-refractivity contribution in [3.8, 4) is 0 Å². The molecule has 0 saturated carbocycles. The number of hydrogen-bond donors (Lipinski definition) is 1. The van der Waals surface area contributed by atoms with E-state index in [4.69, 9.17) is 0 Å². The Labute approximate surface area is 137 Å². The van der Waals surface area contributed by atoms with Crippen molar-refractivity contribution < 1.29 is 0 Å². The number of nitrogens with zero attached hydrogens (tertiary/aromatic N) is 3. The van der Waals surface area contributed by atoms with Gasteiger partial charge in [-0.25, -0.2) is 0 Å². The van der Waals surface area contributed by atoms with Gasteiger partial charge < -0.3 is 9.88 Å². The third-order valence-corrected chi connectivity index (χ3v) is 4.30. The predicted molar refractivity (Wildman–Crippen MR) is 94.3 cm³/mol. The van der Waals surface area contributed by atoms with Crippen LogP contribution in [0.1, 0.15) is 43.5 Å². The Balaban J connectivity index is 1.72. The van der Waals surface area contributed by atoms with E-state index in [9.17, 15) is 0 Å². The minimum Gasteiger partial charge on any atom is -0.314 e. The molecule has 0 fully saturated rings. The molecule has 0 radical (unpaired) electrons. The summed E-state index contributed by atoms with van der Waals surface area (Å²) in [5.74, 6) is 2.00. The number of aromatic nitrogens is 3. The Bertz CT molecular complexity index is 791. The summed E-state index contributed by atoms with van der Waals surface area (Å²) in [6.45, 7) is 8.08. The van der Waals surface area contributed by atoms with E-state index in [0.717, 1.165) is 31.2 Å². The third-order valence-electron chi connectivity index (χ3n) is 4.30. The van der Waals surface area contributed by atoms with Gasteiger partial charge in [-0.1, -0.05) is 43.3 Å². The fourth-order valence-corrected chi connectivity index (χ4v) is 2.91. The zero-order valence-corrected chi connectivity index (χ0v) is 14.1. The van der Waals surface area contributed by atoms with Gasteiger partial charge in [-0.2, -0.15) is 0 Å². The summed E-state index contributed by atoms with van der Waals surface area (Å²) in [6, 6.07) is 15.4. The van der Waals surface area contributed by atoms with Crippen LogP contribution in [0.2, 0.25) is 0 Å². The molecular formula is C19H24N4. The average molecular weight is 308 g/mol. The highest BCUT2D eigenvalue weighted by Crippen LogP contribution is 2.20. The zero-order chi connectivity index (χ0) is 16.2. The van der Waals surface area contributed by atoms with Gasteiger partial charge in [0.05, 0.1) is 6.54 Å². The number of aryl methyl sites for hydroxylation is 1. The first-order valence-electron chi connectivity index (χ1n) is 8.29. The minimum atomic E-state index is 0.270. The second-order valence-electron chi connectivity index (χ2n) is 6.02. The molecule has 0 aliphatic rings. The standard InChI is InChI=1S/C19H24N4/c1-4-11-23-15(3)21-22-19(23)13-20-14(2)17-10-9-16-7-5-6-8-18(16)12-17/h5-10,12,14,20H,4,11,13H2,1-3H3/t14-/m1/s1. The smallest absolute Gasteiger partial charge is 0.147 e. The summed E-state index contributed by atoms with van der Waals surface area (Å²) in [6.07, 6.45) is 1.09. The minimum absolute atomic E-state index is 0.270. The number of rotatable bonds is 6. The highest BCUT2D eigenvalue weighted by molar-refractivity contribution is 5.83. The molecular weight excluding hydrogens is 284 g/mol. The third kappa shape index (κ3) is 3.42. The van der Waals surface area contributed by atoms with Gasteiger partial charge >= 0.3 is 0 Å². The van der Waals surface area contributed by atoms with Crippen molar-refractivity contribution in [2.75, 3.05) is 0 Å². The maximum Gasteiger partial charge on any atom is 0.147 e. The first-order chi connectivity index (χ1) is 11.2. The second-order valence-corrected chi connectivity index (χ2v) is 6.02. The van der Waals surface area contributed by atoms with E-state index in [0.29, 0.717) is 0 Å². The first-order valence-corrected chi connectivity index (χ1v) is 8.29. The monoisotopic (exact) mass is 308 g/mol. The fraction of sp³-hybridized carbons (Fsp3) is 0.368. The molecule has 3 aromatic rings. The number of fused-ring (bicyclic) bond motifs is 1. The van der Waals surface area contributed by atoms with Gasteiger partial charge in [-0.05, 0) is 42.7 Å². The molecule has 0 amide bonds. The van der Waals surface area contributed by atoms with Crippen LogP contribution in [-0.4, -0.2) is 14.8 Å². The molecule has 0 aliphatic heterocycles. The summed E-state index contributed by atoms with van der Waals surface area (Å²) in [5.41, 5.74) is 1.29. The fourth-order valence-electron chi connectivity index (χ4n) is 2.91. The van der Waals surface area contributed by atoms with E-state index in [2.05, 4.69) is 76.4 Å². The Morgan fingerprint density at radius 3 is 2.65 bits per heavy atom. The topological polar surface area (TPSA) is 42.7 Å². The van der Waals surface area contributed by atoms with Crippen LogP contribution in [-0.2, 0) is 13.1 Å². The van der Waals surface area contributed by atoms with Gasteiger partial charge in [0, 0.05) is 12.6 Å². The lowest BCUT2D eigenvalue weighted by Gasteiger charge is -2.15. The van der Waals surface area contributed by atoms with E-state index >= 15 is 0 Å². The maximum atomic E-state index is 4.30. The molecule has 120 valence electrons. The number of benzene rings is 2. The highest BCUT2D eigenvalue weighted by Gasteiger charge is 2.11. The van der Waals surface area contributed by atoms with Crippen LogP contribution < -0.4 is 5.32 Å². The van der Waals surface area contributed by atoms with Crippen molar-refractivity contribution in [2.24, 2.45) is 0 Å². The quantitative estimate of drug-likeness (QED) is 0.748. The molecule has 2 aromatic carbocycles. The average Bonchev–Trinajstić information content (AvgIpc) is 2.93. The van der Waals surface area contributed by atoms with Gasteiger partial charge in [-0.15, -0.1) is 10.2 Å². The molecule has 0 spiro atoms. The van der Waals surface area contributed by atoms with Gasteiger partial charge in [0.2, 0.25) is 0 Å².